The van der Waals surface area contributed by atoms with E-state index in [0.29, 0.717) is 6.54 Å². The second kappa shape index (κ2) is 10.8. The third kappa shape index (κ3) is 6.07. The summed E-state index contributed by atoms with van der Waals surface area (Å²) in [6.07, 6.45) is 1.00. The zero-order valence-electron chi connectivity index (χ0n) is 18.7. The molecule has 1 heterocycles. The number of aryl methyl sites for hydroxylation is 2. The van der Waals surface area contributed by atoms with Gasteiger partial charge in [0.25, 0.3) is 0 Å². The maximum absolute atomic E-state index is 4.77. The molecule has 0 saturated heterocycles. The Kier molecular flexibility index (Phi) is 7.85. The third-order valence-electron chi connectivity index (χ3n) is 4.95. The Morgan fingerprint density at radius 1 is 1.07 bits per heavy atom. The normalized spacial score (nSPS) is 12.0. The molecular formula is C24H34N6. The minimum atomic E-state index is 0.669. The van der Waals surface area contributed by atoms with Crippen molar-refractivity contribution in [2.24, 2.45) is 4.99 Å². The highest BCUT2D eigenvalue weighted by molar-refractivity contribution is 5.79. The lowest BCUT2D eigenvalue weighted by molar-refractivity contribution is 0.402. The molecule has 0 bridgehead atoms. The molecule has 6 heteroatoms. The quantitative estimate of drug-likeness (QED) is 0.324. The molecule has 30 heavy (non-hydrogen) atoms. The Labute approximate surface area is 180 Å². The molecule has 0 radical (unpaired) electrons. The number of imidazole rings is 1. The summed E-state index contributed by atoms with van der Waals surface area (Å²) in [5, 5.41) is 6.81. The number of hydrogen-bond acceptors (Lipinski definition) is 3. The first-order valence-corrected chi connectivity index (χ1v) is 10.7. The smallest absolute Gasteiger partial charge is 0.191 e. The van der Waals surface area contributed by atoms with Crippen LogP contribution in [0.25, 0.3) is 11.0 Å². The van der Waals surface area contributed by atoms with Gasteiger partial charge in [-0.25, -0.2) is 9.98 Å². The average Bonchev–Trinajstić information content (AvgIpc) is 3.04. The van der Waals surface area contributed by atoms with Crippen molar-refractivity contribution in [1.82, 2.24) is 25.1 Å². The van der Waals surface area contributed by atoms with Gasteiger partial charge in [0, 0.05) is 26.2 Å². The number of hydrogen-bond donors (Lipinski definition) is 2. The van der Waals surface area contributed by atoms with E-state index < -0.39 is 0 Å². The number of para-hydroxylation sites is 2. The van der Waals surface area contributed by atoms with Gasteiger partial charge in [-0.05, 0) is 57.6 Å². The first kappa shape index (κ1) is 21.8. The van der Waals surface area contributed by atoms with Crippen molar-refractivity contribution in [3.63, 3.8) is 0 Å². The number of rotatable bonds is 9. The second-order valence-electron chi connectivity index (χ2n) is 7.83. The van der Waals surface area contributed by atoms with Crippen LogP contribution in [0.5, 0.6) is 0 Å². The summed E-state index contributed by atoms with van der Waals surface area (Å²) in [6.45, 7) is 8.42. The van der Waals surface area contributed by atoms with Gasteiger partial charge in [0.15, 0.2) is 5.96 Å². The van der Waals surface area contributed by atoms with Crippen molar-refractivity contribution in [1.29, 1.82) is 0 Å². The van der Waals surface area contributed by atoms with Crippen LogP contribution in [0.1, 0.15) is 30.3 Å². The van der Waals surface area contributed by atoms with Crippen LogP contribution in [-0.2, 0) is 19.6 Å². The van der Waals surface area contributed by atoms with Crippen LogP contribution in [-0.4, -0.2) is 47.6 Å². The fourth-order valence-corrected chi connectivity index (χ4v) is 3.63. The van der Waals surface area contributed by atoms with Gasteiger partial charge < -0.3 is 20.1 Å². The average molecular weight is 407 g/mol. The molecule has 0 fully saturated rings. The zero-order valence-corrected chi connectivity index (χ0v) is 18.7. The fourth-order valence-electron chi connectivity index (χ4n) is 3.63. The molecule has 3 rings (SSSR count). The molecule has 6 nitrogen and oxygen atoms in total. The summed E-state index contributed by atoms with van der Waals surface area (Å²) >= 11 is 0. The van der Waals surface area contributed by atoms with E-state index in [1.807, 2.05) is 6.07 Å². The summed E-state index contributed by atoms with van der Waals surface area (Å²) in [6, 6.07) is 17.0. The van der Waals surface area contributed by atoms with E-state index >= 15 is 0 Å². The maximum Gasteiger partial charge on any atom is 0.191 e. The predicted octanol–water partition coefficient (Wildman–Crippen LogP) is 3.55. The molecule has 0 aliphatic rings. The van der Waals surface area contributed by atoms with E-state index in [-0.39, 0.29) is 0 Å². The van der Waals surface area contributed by atoms with Crippen LogP contribution in [0.15, 0.2) is 53.5 Å². The monoisotopic (exact) mass is 406 g/mol. The van der Waals surface area contributed by atoms with E-state index in [2.05, 4.69) is 95.5 Å². The van der Waals surface area contributed by atoms with Crippen molar-refractivity contribution in [2.45, 2.75) is 39.9 Å². The number of aliphatic imine (C=N–C) groups is 1. The number of fused-ring (bicyclic) bond motifs is 1. The van der Waals surface area contributed by atoms with Crippen molar-refractivity contribution in [3.8, 4) is 0 Å². The summed E-state index contributed by atoms with van der Waals surface area (Å²) in [5.74, 6) is 1.93. The van der Waals surface area contributed by atoms with Gasteiger partial charge in [-0.15, -0.1) is 0 Å². The van der Waals surface area contributed by atoms with Crippen LogP contribution < -0.4 is 10.6 Å². The molecule has 0 unspecified atom stereocenters. The van der Waals surface area contributed by atoms with Crippen LogP contribution >= 0.6 is 0 Å². The maximum atomic E-state index is 4.77. The van der Waals surface area contributed by atoms with E-state index in [1.165, 1.54) is 16.6 Å². The Balaban J connectivity index is 1.54. The van der Waals surface area contributed by atoms with E-state index in [1.54, 1.807) is 0 Å². The van der Waals surface area contributed by atoms with Crippen molar-refractivity contribution < 1.29 is 0 Å². The Morgan fingerprint density at radius 3 is 2.67 bits per heavy atom. The molecule has 0 aliphatic heterocycles. The minimum Gasteiger partial charge on any atom is -0.357 e. The van der Waals surface area contributed by atoms with E-state index in [9.17, 15) is 0 Å². The summed E-state index contributed by atoms with van der Waals surface area (Å²) in [5.41, 5.74) is 4.81. The fraction of sp³-hybridized carbons (Fsp3) is 0.417. The van der Waals surface area contributed by atoms with Gasteiger partial charge >= 0.3 is 0 Å². The van der Waals surface area contributed by atoms with Crippen LogP contribution in [0.3, 0.4) is 0 Å². The molecule has 2 N–H and O–H groups in total. The molecule has 0 aliphatic carbocycles. The predicted molar refractivity (Wildman–Crippen MR) is 126 cm³/mol. The highest BCUT2D eigenvalue weighted by Crippen LogP contribution is 2.15. The molecule has 2 aromatic carbocycles. The molecular weight excluding hydrogens is 372 g/mol. The summed E-state index contributed by atoms with van der Waals surface area (Å²) < 4.78 is 2.29. The van der Waals surface area contributed by atoms with Gasteiger partial charge in [0.2, 0.25) is 0 Å². The lowest BCUT2D eigenvalue weighted by Crippen LogP contribution is -2.38. The molecule has 0 atom stereocenters. The Morgan fingerprint density at radius 2 is 1.87 bits per heavy atom. The largest absolute Gasteiger partial charge is 0.357 e. The van der Waals surface area contributed by atoms with Crippen LogP contribution in [0, 0.1) is 6.92 Å². The molecule has 160 valence electrons. The van der Waals surface area contributed by atoms with E-state index in [4.69, 9.17) is 4.99 Å². The highest BCUT2D eigenvalue weighted by atomic mass is 15.2. The van der Waals surface area contributed by atoms with Crippen LogP contribution in [0.4, 0.5) is 0 Å². The number of benzene rings is 2. The molecule has 0 amide bonds. The summed E-state index contributed by atoms with van der Waals surface area (Å²) in [7, 11) is 4.18. The standard InChI is InChI=1S/C24H34N6/c1-5-25-24(27-17-20-10-8-11-21(16-20)18-29(3)4)26-14-9-15-30-19(2)28-22-12-6-7-13-23(22)30/h6-8,10-13,16H,5,9,14-15,17-18H2,1-4H3,(H2,25,26,27). The molecule has 1 aromatic heterocycles. The lowest BCUT2D eigenvalue weighted by Gasteiger charge is -2.13. The van der Waals surface area contributed by atoms with Gasteiger partial charge in [0.05, 0.1) is 17.6 Å². The van der Waals surface area contributed by atoms with Crippen molar-refractivity contribution in [3.05, 3.63) is 65.5 Å². The second-order valence-corrected chi connectivity index (χ2v) is 7.83. The Hall–Kier alpha value is -2.86. The number of nitrogens with zero attached hydrogens (tertiary/aromatic N) is 4. The highest BCUT2D eigenvalue weighted by Gasteiger charge is 2.06. The van der Waals surface area contributed by atoms with Gasteiger partial charge in [-0.3, -0.25) is 0 Å². The van der Waals surface area contributed by atoms with E-state index in [0.717, 1.165) is 49.9 Å². The van der Waals surface area contributed by atoms with Crippen LogP contribution in [0.2, 0.25) is 0 Å². The number of aromatic nitrogens is 2. The topological polar surface area (TPSA) is 57.5 Å². The zero-order chi connectivity index (χ0) is 21.3. The first-order valence-electron chi connectivity index (χ1n) is 10.7. The number of guanidine groups is 1. The van der Waals surface area contributed by atoms with Gasteiger partial charge in [0.1, 0.15) is 5.82 Å². The first-order chi connectivity index (χ1) is 14.6. The molecule has 0 saturated carbocycles. The Bertz CT molecular complexity index is 973. The van der Waals surface area contributed by atoms with Crippen molar-refractivity contribution in [2.75, 3.05) is 27.2 Å². The van der Waals surface area contributed by atoms with Gasteiger partial charge in [-0.2, -0.15) is 0 Å². The minimum absolute atomic E-state index is 0.669. The van der Waals surface area contributed by atoms with Gasteiger partial charge in [-0.1, -0.05) is 36.4 Å². The molecule has 0 spiro atoms. The number of nitrogens with one attached hydrogen (secondary N) is 2. The molecule has 3 aromatic rings. The summed E-state index contributed by atoms with van der Waals surface area (Å²) in [4.78, 5) is 11.6. The third-order valence-corrected chi connectivity index (χ3v) is 4.95. The van der Waals surface area contributed by atoms with Crippen molar-refractivity contribution >= 4 is 17.0 Å². The lowest BCUT2D eigenvalue weighted by atomic mass is 10.1. The SMILES string of the molecule is CCNC(=NCc1cccc(CN(C)C)c1)NCCCn1c(C)nc2ccccc21.